The Hall–Kier alpha value is -2.92. The van der Waals surface area contributed by atoms with Gasteiger partial charge in [-0.15, -0.1) is 0 Å². The van der Waals surface area contributed by atoms with Gasteiger partial charge in [-0.1, -0.05) is 23.7 Å². The minimum Gasteiger partial charge on any atom is -0.348 e. The molecule has 2 heterocycles. The number of likely N-dealkylation sites (tertiary alicyclic amines) is 1. The van der Waals surface area contributed by atoms with Crippen LogP contribution in [0.4, 0.5) is 0 Å². The summed E-state index contributed by atoms with van der Waals surface area (Å²) in [5.41, 5.74) is 3.54. The number of nitrogens with one attached hydrogen (secondary N) is 1. The van der Waals surface area contributed by atoms with Crippen molar-refractivity contribution in [3.8, 4) is 0 Å². The lowest BCUT2D eigenvalue weighted by Gasteiger charge is -2.26. The van der Waals surface area contributed by atoms with Crippen LogP contribution in [0.3, 0.4) is 0 Å². The fourth-order valence-electron chi connectivity index (χ4n) is 3.84. The summed E-state index contributed by atoms with van der Waals surface area (Å²) in [6, 6.07) is 14.7. The zero-order valence-electron chi connectivity index (χ0n) is 17.0. The van der Waals surface area contributed by atoms with E-state index in [4.69, 9.17) is 11.6 Å². The topological polar surface area (TPSA) is 62.3 Å². The van der Waals surface area contributed by atoms with Crippen LogP contribution in [0.1, 0.15) is 51.2 Å². The molecule has 0 bridgehead atoms. The Labute approximate surface area is 181 Å². The second-order valence-corrected chi connectivity index (χ2v) is 8.13. The van der Waals surface area contributed by atoms with Gasteiger partial charge < -0.3 is 10.2 Å². The number of piperidine rings is 1. The summed E-state index contributed by atoms with van der Waals surface area (Å²) in [6.07, 6.45) is 3.31. The van der Waals surface area contributed by atoms with Gasteiger partial charge in [0.2, 0.25) is 0 Å². The SMILES string of the molecule is Cc1nc2ccc(Cl)cc2cc1C(=O)NCc1cccc(C(=O)N2CCCCC2)c1. The molecule has 3 aromatic rings. The number of amides is 2. The lowest BCUT2D eigenvalue weighted by Crippen LogP contribution is -2.35. The fourth-order valence-corrected chi connectivity index (χ4v) is 4.03. The van der Waals surface area contributed by atoms with Gasteiger partial charge in [-0.3, -0.25) is 14.6 Å². The molecule has 1 N–H and O–H groups in total. The molecular formula is C24H24ClN3O2. The summed E-state index contributed by atoms with van der Waals surface area (Å²) in [5, 5.41) is 4.38. The van der Waals surface area contributed by atoms with Crippen LogP contribution >= 0.6 is 11.6 Å². The highest BCUT2D eigenvalue weighted by molar-refractivity contribution is 6.31. The van der Waals surface area contributed by atoms with Crippen molar-refractivity contribution in [3.05, 3.63) is 75.9 Å². The van der Waals surface area contributed by atoms with Crippen LogP contribution in [0.5, 0.6) is 0 Å². The normalized spacial score (nSPS) is 14.0. The molecule has 0 unspecified atom stereocenters. The minimum absolute atomic E-state index is 0.0642. The van der Waals surface area contributed by atoms with E-state index in [0.717, 1.165) is 42.4 Å². The van der Waals surface area contributed by atoms with Gasteiger partial charge in [-0.2, -0.15) is 0 Å². The molecule has 0 radical (unpaired) electrons. The molecule has 0 aliphatic carbocycles. The molecule has 30 heavy (non-hydrogen) atoms. The molecule has 0 atom stereocenters. The highest BCUT2D eigenvalue weighted by atomic mass is 35.5. The van der Waals surface area contributed by atoms with Crippen LogP contribution in [0, 0.1) is 6.92 Å². The number of halogens is 1. The number of aromatic nitrogens is 1. The number of pyridine rings is 1. The Bertz CT molecular complexity index is 1110. The van der Waals surface area contributed by atoms with E-state index in [9.17, 15) is 9.59 Å². The number of rotatable bonds is 4. The monoisotopic (exact) mass is 421 g/mol. The predicted octanol–water partition coefficient (Wildman–Crippen LogP) is 4.75. The molecule has 154 valence electrons. The maximum Gasteiger partial charge on any atom is 0.253 e. The highest BCUT2D eigenvalue weighted by Gasteiger charge is 2.18. The summed E-state index contributed by atoms with van der Waals surface area (Å²) >= 11 is 6.07. The molecule has 0 spiro atoms. The number of benzene rings is 2. The van der Waals surface area contributed by atoms with Crippen molar-refractivity contribution in [2.24, 2.45) is 0 Å². The minimum atomic E-state index is -0.199. The zero-order valence-corrected chi connectivity index (χ0v) is 17.7. The quantitative estimate of drug-likeness (QED) is 0.661. The van der Waals surface area contributed by atoms with Crippen molar-refractivity contribution in [2.75, 3.05) is 13.1 Å². The predicted molar refractivity (Wildman–Crippen MR) is 119 cm³/mol. The molecule has 1 aromatic heterocycles. The van der Waals surface area contributed by atoms with Gasteiger partial charge in [0.1, 0.15) is 0 Å². The average molecular weight is 422 g/mol. The van der Waals surface area contributed by atoms with E-state index in [1.807, 2.05) is 48.2 Å². The maximum absolute atomic E-state index is 12.8. The number of hydrogen-bond acceptors (Lipinski definition) is 3. The maximum atomic E-state index is 12.8. The van der Waals surface area contributed by atoms with Crippen molar-refractivity contribution in [3.63, 3.8) is 0 Å². The molecule has 0 saturated carbocycles. The van der Waals surface area contributed by atoms with Crippen LogP contribution < -0.4 is 5.32 Å². The lowest BCUT2D eigenvalue weighted by molar-refractivity contribution is 0.0724. The smallest absolute Gasteiger partial charge is 0.253 e. The third-order valence-electron chi connectivity index (χ3n) is 5.48. The van der Waals surface area contributed by atoms with E-state index >= 15 is 0 Å². The first-order chi connectivity index (χ1) is 14.5. The second-order valence-electron chi connectivity index (χ2n) is 7.69. The standard InChI is InChI=1S/C24H24ClN3O2/c1-16-21(14-19-13-20(25)8-9-22(19)27-16)23(29)26-15-17-6-5-7-18(12-17)24(30)28-10-3-2-4-11-28/h5-9,12-14H,2-4,10-11,15H2,1H3,(H,26,29). The summed E-state index contributed by atoms with van der Waals surface area (Å²) in [4.78, 5) is 31.9. The van der Waals surface area contributed by atoms with Gasteiger partial charge in [0.25, 0.3) is 11.8 Å². The molecule has 2 amide bonds. The molecular weight excluding hydrogens is 398 g/mol. The first kappa shape index (κ1) is 20.4. The highest BCUT2D eigenvalue weighted by Crippen LogP contribution is 2.21. The summed E-state index contributed by atoms with van der Waals surface area (Å²) < 4.78 is 0. The molecule has 4 rings (SSSR count). The zero-order chi connectivity index (χ0) is 21.1. The third-order valence-corrected chi connectivity index (χ3v) is 5.72. The van der Waals surface area contributed by atoms with E-state index in [0.29, 0.717) is 28.4 Å². The van der Waals surface area contributed by atoms with Crippen LogP contribution in [0.15, 0.2) is 48.5 Å². The number of aryl methyl sites for hydroxylation is 1. The molecule has 1 fully saturated rings. The summed E-state index contributed by atoms with van der Waals surface area (Å²) in [7, 11) is 0. The molecule has 6 heteroatoms. The van der Waals surface area contributed by atoms with Crippen molar-refractivity contribution in [1.29, 1.82) is 0 Å². The molecule has 5 nitrogen and oxygen atoms in total. The van der Waals surface area contributed by atoms with Gasteiger partial charge in [0.05, 0.1) is 16.8 Å². The van der Waals surface area contributed by atoms with Crippen molar-refractivity contribution >= 4 is 34.3 Å². The van der Waals surface area contributed by atoms with E-state index in [2.05, 4.69) is 10.3 Å². The van der Waals surface area contributed by atoms with Crippen molar-refractivity contribution in [1.82, 2.24) is 15.2 Å². The van der Waals surface area contributed by atoms with Gasteiger partial charge in [0, 0.05) is 35.6 Å². The first-order valence-corrected chi connectivity index (χ1v) is 10.6. The number of carbonyl (C=O) groups excluding carboxylic acids is 2. The Kier molecular flexibility index (Phi) is 6.00. The molecule has 1 aliphatic heterocycles. The van der Waals surface area contributed by atoms with E-state index in [1.54, 1.807) is 12.1 Å². The number of fused-ring (bicyclic) bond motifs is 1. The average Bonchev–Trinajstić information content (AvgIpc) is 2.77. The fraction of sp³-hybridized carbons (Fsp3) is 0.292. The van der Waals surface area contributed by atoms with Crippen LogP contribution in [-0.2, 0) is 6.54 Å². The Morgan fingerprint density at radius 2 is 1.87 bits per heavy atom. The lowest BCUT2D eigenvalue weighted by atomic mass is 10.1. The van der Waals surface area contributed by atoms with Crippen molar-refractivity contribution in [2.45, 2.75) is 32.7 Å². The molecule has 1 aliphatic rings. The van der Waals surface area contributed by atoms with Crippen LogP contribution in [0.2, 0.25) is 5.02 Å². The van der Waals surface area contributed by atoms with Crippen LogP contribution in [-0.4, -0.2) is 34.8 Å². The third kappa shape index (κ3) is 4.46. The van der Waals surface area contributed by atoms with E-state index in [1.165, 1.54) is 6.42 Å². The van der Waals surface area contributed by atoms with E-state index < -0.39 is 0 Å². The van der Waals surface area contributed by atoms with Gasteiger partial charge >= 0.3 is 0 Å². The Morgan fingerprint density at radius 3 is 2.67 bits per heavy atom. The Balaban J connectivity index is 1.47. The molecule has 1 saturated heterocycles. The van der Waals surface area contributed by atoms with Gasteiger partial charge in [-0.25, -0.2) is 0 Å². The number of hydrogen-bond donors (Lipinski definition) is 1. The van der Waals surface area contributed by atoms with E-state index in [-0.39, 0.29) is 11.8 Å². The number of carbonyl (C=O) groups is 2. The van der Waals surface area contributed by atoms with Gasteiger partial charge in [0.15, 0.2) is 0 Å². The number of nitrogens with zero attached hydrogens (tertiary/aromatic N) is 2. The first-order valence-electron chi connectivity index (χ1n) is 10.2. The second kappa shape index (κ2) is 8.84. The summed E-state index contributed by atoms with van der Waals surface area (Å²) in [5.74, 6) is -0.135. The Morgan fingerprint density at radius 1 is 1.07 bits per heavy atom. The van der Waals surface area contributed by atoms with Crippen molar-refractivity contribution < 1.29 is 9.59 Å². The van der Waals surface area contributed by atoms with Gasteiger partial charge in [-0.05, 0) is 68.1 Å². The summed E-state index contributed by atoms with van der Waals surface area (Å²) in [6.45, 7) is 3.80. The largest absolute Gasteiger partial charge is 0.348 e. The van der Waals surface area contributed by atoms with Crippen LogP contribution in [0.25, 0.3) is 10.9 Å². The molecule has 2 aromatic carbocycles.